The SMILES string of the molecule is Cc1ccc(Cc2c(C(=O)Nc3ccc(Cc4ccncc4)cc3)sc3ccccc23)cc1. The van der Waals surface area contributed by atoms with Crippen molar-refractivity contribution in [3.63, 3.8) is 0 Å². The molecule has 162 valence electrons. The number of hydrogen-bond acceptors (Lipinski definition) is 3. The quantitative estimate of drug-likeness (QED) is 0.303. The smallest absolute Gasteiger partial charge is 0.266 e. The van der Waals surface area contributed by atoms with Gasteiger partial charge in [-0.05, 0) is 77.7 Å². The van der Waals surface area contributed by atoms with Crippen molar-refractivity contribution in [2.45, 2.75) is 19.8 Å². The van der Waals surface area contributed by atoms with Crippen LogP contribution in [0.15, 0.2) is 97.3 Å². The zero-order valence-electron chi connectivity index (χ0n) is 18.4. The van der Waals surface area contributed by atoms with Crippen molar-refractivity contribution in [1.29, 1.82) is 0 Å². The second kappa shape index (κ2) is 9.39. The molecule has 0 unspecified atom stereocenters. The maximum atomic E-state index is 13.3. The van der Waals surface area contributed by atoms with Crippen LogP contribution in [0.4, 0.5) is 5.69 Å². The van der Waals surface area contributed by atoms with Gasteiger partial charge in [-0.2, -0.15) is 0 Å². The van der Waals surface area contributed by atoms with Crippen LogP contribution < -0.4 is 5.32 Å². The lowest BCUT2D eigenvalue weighted by Crippen LogP contribution is -2.12. The van der Waals surface area contributed by atoms with E-state index in [9.17, 15) is 4.79 Å². The Balaban J connectivity index is 1.38. The molecular weight excluding hydrogens is 424 g/mol. The topological polar surface area (TPSA) is 42.0 Å². The fourth-order valence-corrected chi connectivity index (χ4v) is 5.11. The number of aromatic nitrogens is 1. The minimum atomic E-state index is -0.0554. The van der Waals surface area contributed by atoms with Gasteiger partial charge in [0.2, 0.25) is 0 Å². The molecule has 2 heterocycles. The molecule has 0 aliphatic heterocycles. The molecule has 0 spiro atoms. The van der Waals surface area contributed by atoms with Gasteiger partial charge in [0.1, 0.15) is 0 Å². The Hall–Kier alpha value is -3.76. The number of benzene rings is 3. The lowest BCUT2D eigenvalue weighted by atomic mass is 10.0. The van der Waals surface area contributed by atoms with Gasteiger partial charge in [0.25, 0.3) is 5.91 Å². The van der Waals surface area contributed by atoms with Gasteiger partial charge >= 0.3 is 0 Å². The Kier molecular flexibility index (Phi) is 6.01. The van der Waals surface area contributed by atoms with Crippen LogP contribution in [-0.2, 0) is 12.8 Å². The van der Waals surface area contributed by atoms with Crippen LogP contribution in [-0.4, -0.2) is 10.9 Å². The van der Waals surface area contributed by atoms with Gasteiger partial charge in [0.15, 0.2) is 0 Å². The number of amides is 1. The Labute approximate surface area is 197 Å². The van der Waals surface area contributed by atoms with E-state index >= 15 is 0 Å². The number of fused-ring (bicyclic) bond motifs is 1. The lowest BCUT2D eigenvalue weighted by Gasteiger charge is -2.09. The number of rotatable bonds is 6. The molecule has 0 radical (unpaired) electrons. The molecule has 0 bridgehead atoms. The van der Waals surface area contributed by atoms with Crippen LogP contribution in [0.2, 0.25) is 0 Å². The van der Waals surface area contributed by atoms with Crippen molar-refractivity contribution >= 4 is 33.0 Å². The van der Waals surface area contributed by atoms with E-state index in [1.807, 2.05) is 48.8 Å². The molecule has 3 aromatic carbocycles. The zero-order chi connectivity index (χ0) is 22.6. The molecule has 0 aliphatic rings. The first-order valence-electron chi connectivity index (χ1n) is 11.0. The minimum absolute atomic E-state index is 0.0554. The van der Waals surface area contributed by atoms with E-state index in [4.69, 9.17) is 0 Å². The van der Waals surface area contributed by atoms with E-state index in [-0.39, 0.29) is 5.91 Å². The summed E-state index contributed by atoms with van der Waals surface area (Å²) in [6, 6.07) is 28.9. The summed E-state index contributed by atoms with van der Waals surface area (Å²) < 4.78 is 1.14. The summed E-state index contributed by atoms with van der Waals surface area (Å²) >= 11 is 1.56. The first-order valence-corrected chi connectivity index (χ1v) is 11.8. The number of hydrogen-bond donors (Lipinski definition) is 1. The van der Waals surface area contributed by atoms with E-state index in [1.165, 1.54) is 22.3 Å². The molecule has 2 aromatic heterocycles. The fraction of sp³-hybridized carbons (Fsp3) is 0.103. The second-order valence-corrected chi connectivity index (χ2v) is 9.30. The van der Waals surface area contributed by atoms with Gasteiger partial charge in [0, 0.05) is 22.8 Å². The van der Waals surface area contributed by atoms with Crippen molar-refractivity contribution in [1.82, 2.24) is 4.98 Å². The lowest BCUT2D eigenvalue weighted by molar-refractivity contribution is 0.103. The zero-order valence-corrected chi connectivity index (χ0v) is 19.2. The summed E-state index contributed by atoms with van der Waals surface area (Å²) in [5, 5.41) is 4.26. The van der Waals surface area contributed by atoms with Crippen molar-refractivity contribution < 1.29 is 4.79 Å². The number of thiophene rings is 1. The summed E-state index contributed by atoms with van der Waals surface area (Å²) in [5.74, 6) is -0.0554. The maximum Gasteiger partial charge on any atom is 0.266 e. The predicted octanol–water partition coefficient (Wildman–Crippen LogP) is 7.04. The summed E-state index contributed by atoms with van der Waals surface area (Å²) in [4.78, 5) is 18.2. The van der Waals surface area contributed by atoms with Crippen LogP contribution in [0.5, 0.6) is 0 Å². The standard InChI is InChI=1S/C29H24N2OS/c1-20-6-8-22(9-7-20)19-26-25-4-2-3-5-27(25)33-28(26)29(32)31-24-12-10-21(11-13-24)18-23-14-16-30-17-15-23/h2-17H,18-19H2,1H3,(H,31,32). The van der Waals surface area contributed by atoms with Gasteiger partial charge in [0.05, 0.1) is 4.88 Å². The molecule has 0 saturated heterocycles. The number of aryl methyl sites for hydroxylation is 1. The third kappa shape index (κ3) is 4.86. The molecule has 0 atom stereocenters. The third-order valence-electron chi connectivity index (χ3n) is 5.78. The fourth-order valence-electron chi connectivity index (χ4n) is 4.00. The molecule has 1 amide bonds. The van der Waals surface area contributed by atoms with E-state index < -0.39 is 0 Å². The number of carbonyl (C=O) groups is 1. The van der Waals surface area contributed by atoms with E-state index in [0.29, 0.717) is 0 Å². The van der Waals surface area contributed by atoms with Crippen LogP contribution in [0.1, 0.15) is 37.5 Å². The van der Waals surface area contributed by atoms with E-state index in [2.05, 4.69) is 65.8 Å². The highest BCUT2D eigenvalue weighted by Crippen LogP contribution is 2.33. The summed E-state index contributed by atoms with van der Waals surface area (Å²) in [6.07, 6.45) is 5.19. The Morgan fingerprint density at radius 2 is 1.42 bits per heavy atom. The Morgan fingerprint density at radius 1 is 0.788 bits per heavy atom. The summed E-state index contributed by atoms with van der Waals surface area (Å²) in [5.41, 5.74) is 6.75. The van der Waals surface area contributed by atoms with Crippen molar-refractivity contribution in [3.8, 4) is 0 Å². The molecule has 5 rings (SSSR count). The number of anilines is 1. The molecule has 5 aromatic rings. The highest BCUT2D eigenvalue weighted by molar-refractivity contribution is 7.21. The summed E-state index contributed by atoms with van der Waals surface area (Å²) in [7, 11) is 0. The van der Waals surface area contributed by atoms with E-state index in [0.717, 1.165) is 39.1 Å². The van der Waals surface area contributed by atoms with Gasteiger partial charge in [-0.15, -0.1) is 11.3 Å². The van der Waals surface area contributed by atoms with E-state index in [1.54, 1.807) is 11.3 Å². The highest BCUT2D eigenvalue weighted by Gasteiger charge is 2.19. The summed E-state index contributed by atoms with van der Waals surface area (Å²) in [6.45, 7) is 2.09. The van der Waals surface area contributed by atoms with Crippen LogP contribution in [0.3, 0.4) is 0 Å². The van der Waals surface area contributed by atoms with Gasteiger partial charge in [-0.1, -0.05) is 60.2 Å². The molecule has 4 heteroatoms. The molecule has 33 heavy (non-hydrogen) atoms. The average molecular weight is 449 g/mol. The molecule has 3 nitrogen and oxygen atoms in total. The first-order chi connectivity index (χ1) is 16.2. The van der Waals surface area contributed by atoms with Crippen LogP contribution in [0, 0.1) is 6.92 Å². The minimum Gasteiger partial charge on any atom is -0.321 e. The largest absolute Gasteiger partial charge is 0.321 e. The number of carbonyl (C=O) groups excluding carboxylic acids is 1. The maximum absolute atomic E-state index is 13.3. The third-order valence-corrected chi connectivity index (χ3v) is 6.99. The van der Waals surface area contributed by atoms with Crippen LogP contribution in [0.25, 0.3) is 10.1 Å². The van der Waals surface area contributed by atoms with Crippen molar-refractivity contribution in [2.24, 2.45) is 0 Å². The number of nitrogens with one attached hydrogen (secondary N) is 1. The molecule has 0 aliphatic carbocycles. The van der Waals surface area contributed by atoms with Crippen molar-refractivity contribution in [3.05, 3.63) is 130 Å². The van der Waals surface area contributed by atoms with Gasteiger partial charge < -0.3 is 5.32 Å². The Morgan fingerprint density at radius 3 is 2.18 bits per heavy atom. The molecular formula is C29H24N2OS. The molecule has 0 fully saturated rings. The second-order valence-electron chi connectivity index (χ2n) is 8.25. The van der Waals surface area contributed by atoms with Gasteiger partial charge in [-0.3, -0.25) is 9.78 Å². The van der Waals surface area contributed by atoms with Crippen LogP contribution >= 0.6 is 11.3 Å². The average Bonchev–Trinajstić information content (AvgIpc) is 3.21. The molecule has 0 saturated carbocycles. The molecule has 1 N–H and O–H groups in total. The first kappa shape index (κ1) is 21.1. The highest BCUT2D eigenvalue weighted by atomic mass is 32.1. The predicted molar refractivity (Wildman–Crippen MR) is 137 cm³/mol. The number of pyridine rings is 1. The Bertz CT molecular complexity index is 1390. The van der Waals surface area contributed by atoms with Crippen molar-refractivity contribution in [2.75, 3.05) is 5.32 Å². The normalized spacial score (nSPS) is 10.9. The number of nitrogens with zero attached hydrogens (tertiary/aromatic N) is 1. The van der Waals surface area contributed by atoms with Gasteiger partial charge in [-0.25, -0.2) is 0 Å². The monoisotopic (exact) mass is 448 g/mol.